The molecule has 150 valence electrons. The predicted octanol–water partition coefficient (Wildman–Crippen LogP) is 0.133. The van der Waals surface area contributed by atoms with Crippen LogP contribution in [0.3, 0.4) is 0 Å². The van der Waals surface area contributed by atoms with Gasteiger partial charge in [0.05, 0.1) is 11.6 Å². The Labute approximate surface area is 171 Å². The first-order valence-corrected chi connectivity index (χ1v) is 10.7. The number of carbonyl (C=O) groups is 3. The lowest BCUT2D eigenvalue weighted by molar-refractivity contribution is -0.150. The number of carbonyl (C=O) groups excluding carboxylic acids is 2. The molecule has 2 aromatic rings. The fourth-order valence-electron chi connectivity index (χ4n) is 3.28. The first-order chi connectivity index (χ1) is 13.9. The third-order valence-corrected chi connectivity index (χ3v) is 7.33. The highest BCUT2D eigenvalue weighted by Gasteiger charge is 2.55. The Balaban J connectivity index is 1.41. The normalized spacial score (nSPS) is 23.7. The predicted molar refractivity (Wildman–Crippen MR) is 104 cm³/mol. The van der Waals surface area contributed by atoms with E-state index in [0.29, 0.717) is 21.7 Å². The minimum Gasteiger partial charge on any atom is -0.477 e. The van der Waals surface area contributed by atoms with Gasteiger partial charge in [-0.2, -0.15) is 5.10 Å². The number of β-lactam (4-membered cyclic amide) rings is 1. The molecule has 2 fully saturated rings. The Morgan fingerprint density at radius 3 is 2.90 bits per heavy atom. The summed E-state index contributed by atoms with van der Waals surface area (Å²) >= 11 is 2.45. The number of anilines is 1. The lowest BCUT2D eigenvalue weighted by Gasteiger charge is -2.49. The number of aromatic amines is 1. The second-order valence-electron chi connectivity index (χ2n) is 6.87. The van der Waals surface area contributed by atoms with Gasteiger partial charge in [0, 0.05) is 16.6 Å². The van der Waals surface area contributed by atoms with Crippen LogP contribution in [0.5, 0.6) is 0 Å². The maximum Gasteiger partial charge on any atom is 0.353 e. The van der Waals surface area contributed by atoms with Gasteiger partial charge in [0.15, 0.2) is 10.8 Å². The number of H-pyrrole nitrogens is 1. The van der Waals surface area contributed by atoms with Gasteiger partial charge in [-0.15, -0.1) is 11.8 Å². The smallest absolute Gasteiger partial charge is 0.353 e. The summed E-state index contributed by atoms with van der Waals surface area (Å²) in [4.78, 5) is 46.7. The molecular formula is C16H15N7O4S2. The van der Waals surface area contributed by atoms with Gasteiger partial charge in [-0.25, -0.2) is 14.8 Å². The highest BCUT2D eigenvalue weighted by molar-refractivity contribution is 8.06. The fourth-order valence-corrected chi connectivity index (χ4v) is 5.70. The van der Waals surface area contributed by atoms with E-state index in [1.807, 2.05) is 0 Å². The van der Waals surface area contributed by atoms with Gasteiger partial charge in [0.2, 0.25) is 5.91 Å². The van der Waals surface area contributed by atoms with Crippen molar-refractivity contribution in [1.82, 2.24) is 30.4 Å². The summed E-state index contributed by atoms with van der Waals surface area (Å²) in [5.41, 5.74) is 6.25. The average molecular weight is 433 g/mol. The van der Waals surface area contributed by atoms with Crippen LogP contribution in [-0.4, -0.2) is 65.1 Å². The number of carboxylic acid groups (broad SMARTS) is 1. The molecule has 0 aromatic carbocycles. The summed E-state index contributed by atoms with van der Waals surface area (Å²) in [7, 11) is 0. The maximum atomic E-state index is 12.6. The molecule has 0 bridgehead atoms. The summed E-state index contributed by atoms with van der Waals surface area (Å²) in [6, 6.07) is -0.692. The number of hydrogen-bond acceptors (Lipinski definition) is 9. The van der Waals surface area contributed by atoms with E-state index in [1.54, 1.807) is 0 Å². The lowest BCUT2D eigenvalue weighted by atomic mass is 10.0. The van der Waals surface area contributed by atoms with Crippen LogP contribution >= 0.6 is 23.5 Å². The number of nitrogens with zero attached hydrogens (tertiary/aromatic N) is 4. The molecule has 1 aliphatic carbocycles. The monoisotopic (exact) mass is 433 g/mol. The van der Waals surface area contributed by atoms with Crippen molar-refractivity contribution in [1.29, 1.82) is 0 Å². The molecule has 2 amide bonds. The zero-order valence-corrected chi connectivity index (χ0v) is 16.4. The number of nitrogens with one attached hydrogen (secondary N) is 2. The highest BCUT2D eigenvalue weighted by Crippen LogP contribution is 2.45. The molecule has 0 spiro atoms. The molecule has 5 rings (SSSR count). The number of amides is 2. The van der Waals surface area contributed by atoms with E-state index in [4.69, 9.17) is 5.73 Å². The highest BCUT2D eigenvalue weighted by atomic mass is 32.2. The minimum absolute atomic E-state index is 0.0222. The van der Waals surface area contributed by atoms with Gasteiger partial charge >= 0.3 is 5.97 Å². The number of rotatable bonds is 5. The number of thioether (sulfide) groups is 2. The Bertz CT molecular complexity index is 1100. The second-order valence-corrected chi connectivity index (χ2v) is 9.04. The van der Waals surface area contributed by atoms with Crippen molar-refractivity contribution in [3.05, 3.63) is 16.8 Å². The van der Waals surface area contributed by atoms with E-state index in [-0.39, 0.29) is 28.5 Å². The standard InChI is InChI=1S/C16H15N7O4S2/c17-10-6-3-18-22-11(6)21-16(20-10)29-7-4-28-14-8(19-12(24)5-1-2-5)13(25)23(14)9(7)15(26)27/h3,5,8,14H,1-2,4H2,(H,19,24)(H,26,27)(H3,17,18,20,21,22)/t8?,14-/m1/s1. The molecule has 4 heterocycles. The molecule has 0 radical (unpaired) electrons. The van der Waals surface area contributed by atoms with Crippen molar-refractivity contribution in [2.24, 2.45) is 5.92 Å². The summed E-state index contributed by atoms with van der Waals surface area (Å²) in [5, 5.41) is 19.5. The Morgan fingerprint density at radius 1 is 1.38 bits per heavy atom. The first kappa shape index (κ1) is 18.2. The third kappa shape index (κ3) is 3.00. The molecule has 1 unspecified atom stereocenters. The first-order valence-electron chi connectivity index (χ1n) is 8.80. The lowest BCUT2D eigenvalue weighted by Crippen LogP contribution is -2.70. The summed E-state index contributed by atoms with van der Waals surface area (Å²) in [5.74, 6) is -1.22. The third-order valence-electron chi connectivity index (χ3n) is 4.92. The van der Waals surface area contributed by atoms with Crippen molar-refractivity contribution >= 4 is 58.2 Å². The molecular weight excluding hydrogens is 418 g/mol. The SMILES string of the molecule is Nc1nc(SC2=C(C(=O)O)N3C(=O)C(NC(=O)C4CC4)[C@H]3SC2)nc2[nH]ncc12. The largest absolute Gasteiger partial charge is 0.477 e. The molecule has 2 aliphatic heterocycles. The van der Waals surface area contributed by atoms with E-state index in [2.05, 4.69) is 25.5 Å². The molecule has 5 N–H and O–H groups in total. The van der Waals surface area contributed by atoms with E-state index < -0.39 is 23.3 Å². The zero-order valence-electron chi connectivity index (χ0n) is 14.8. The molecule has 2 atom stereocenters. The van der Waals surface area contributed by atoms with Crippen LogP contribution in [0.1, 0.15) is 12.8 Å². The van der Waals surface area contributed by atoms with Crippen LogP contribution in [0.4, 0.5) is 5.82 Å². The van der Waals surface area contributed by atoms with Gasteiger partial charge < -0.3 is 16.2 Å². The number of hydrogen-bond donors (Lipinski definition) is 4. The summed E-state index contributed by atoms with van der Waals surface area (Å²) < 4.78 is 0. The molecule has 29 heavy (non-hydrogen) atoms. The number of fused-ring (bicyclic) bond motifs is 2. The van der Waals surface area contributed by atoms with Crippen molar-refractivity contribution < 1.29 is 19.5 Å². The molecule has 1 saturated heterocycles. The van der Waals surface area contributed by atoms with Gasteiger partial charge in [-0.1, -0.05) is 11.8 Å². The number of nitrogen functional groups attached to an aromatic ring is 1. The van der Waals surface area contributed by atoms with E-state index in [0.717, 1.165) is 24.6 Å². The number of aliphatic carboxylic acids is 1. The molecule has 2 aromatic heterocycles. The van der Waals surface area contributed by atoms with E-state index in [9.17, 15) is 19.5 Å². The van der Waals surface area contributed by atoms with Crippen LogP contribution in [0.15, 0.2) is 22.0 Å². The Hall–Kier alpha value is -2.80. The van der Waals surface area contributed by atoms with Crippen molar-refractivity contribution in [2.75, 3.05) is 11.5 Å². The number of carboxylic acids is 1. The summed E-state index contributed by atoms with van der Waals surface area (Å²) in [6.45, 7) is 0. The molecule has 11 nitrogen and oxygen atoms in total. The van der Waals surface area contributed by atoms with Crippen LogP contribution in [0.2, 0.25) is 0 Å². The molecule has 1 saturated carbocycles. The van der Waals surface area contributed by atoms with Crippen LogP contribution < -0.4 is 11.1 Å². The Kier molecular flexibility index (Phi) is 4.17. The van der Waals surface area contributed by atoms with Gasteiger partial charge in [-0.05, 0) is 12.8 Å². The van der Waals surface area contributed by atoms with Crippen molar-refractivity contribution in [3.63, 3.8) is 0 Å². The fraction of sp³-hybridized carbons (Fsp3) is 0.375. The molecule has 13 heteroatoms. The van der Waals surface area contributed by atoms with Gasteiger partial charge in [0.1, 0.15) is 22.9 Å². The van der Waals surface area contributed by atoms with Gasteiger partial charge in [0.25, 0.3) is 5.91 Å². The Morgan fingerprint density at radius 2 is 2.17 bits per heavy atom. The van der Waals surface area contributed by atoms with Gasteiger partial charge in [-0.3, -0.25) is 19.6 Å². The van der Waals surface area contributed by atoms with E-state index >= 15 is 0 Å². The van der Waals surface area contributed by atoms with Crippen LogP contribution in [-0.2, 0) is 14.4 Å². The van der Waals surface area contributed by atoms with Crippen molar-refractivity contribution in [2.45, 2.75) is 29.4 Å². The molecule has 3 aliphatic rings. The maximum absolute atomic E-state index is 12.6. The number of nitrogens with two attached hydrogens (primary N) is 1. The van der Waals surface area contributed by atoms with E-state index in [1.165, 1.54) is 22.9 Å². The quantitative estimate of drug-likeness (QED) is 0.376. The zero-order chi connectivity index (χ0) is 20.3. The minimum atomic E-state index is -1.21. The second kappa shape index (κ2) is 6.62. The van der Waals surface area contributed by atoms with Crippen LogP contribution in [0.25, 0.3) is 11.0 Å². The topological polar surface area (TPSA) is 167 Å². The average Bonchev–Trinajstić information content (AvgIpc) is 3.43. The van der Waals surface area contributed by atoms with Crippen molar-refractivity contribution in [3.8, 4) is 0 Å². The van der Waals surface area contributed by atoms with Crippen LogP contribution in [0, 0.1) is 5.92 Å². The number of aromatic nitrogens is 4. The summed E-state index contributed by atoms with van der Waals surface area (Å²) in [6.07, 6.45) is 3.18.